The van der Waals surface area contributed by atoms with Crippen LogP contribution in [0.2, 0.25) is 0 Å². The minimum atomic E-state index is -0.698. The Balaban J connectivity index is 1.44. The molecule has 2 bridgehead atoms. The van der Waals surface area contributed by atoms with Gasteiger partial charge in [-0.15, -0.1) is 0 Å². The van der Waals surface area contributed by atoms with Gasteiger partial charge in [-0.3, -0.25) is 4.90 Å². The molecule has 2 N–H and O–H groups in total. The van der Waals surface area contributed by atoms with Gasteiger partial charge in [0.05, 0.1) is 24.9 Å². The number of ether oxygens (including phenoxy) is 2. The summed E-state index contributed by atoms with van der Waals surface area (Å²) in [5.74, 6) is 0.342. The molecule has 2 saturated heterocycles. The Hall–Kier alpha value is -0.460. The maximum absolute atomic E-state index is 12.3. The number of hydrogen-bond donors (Lipinski definition) is 2. The monoisotopic (exact) mass is 375 g/mol. The molecule has 2 saturated carbocycles. The Labute approximate surface area is 161 Å². The van der Waals surface area contributed by atoms with Crippen molar-refractivity contribution in [3.8, 4) is 0 Å². The van der Waals surface area contributed by atoms with Crippen LogP contribution in [0, 0.1) is 11.3 Å². The number of likely N-dealkylation sites (tertiary alicyclic amines) is 1. The van der Waals surface area contributed by atoms with E-state index in [0.717, 1.165) is 70.4 Å². The van der Waals surface area contributed by atoms with E-state index in [2.05, 4.69) is 4.90 Å². The Morgan fingerprint density at radius 3 is 2.63 bits per heavy atom. The molecule has 0 aromatic rings. The molecule has 0 unspecified atom stereocenters. The third kappa shape index (κ3) is 2.42. The highest BCUT2D eigenvalue weighted by atomic mass is 16.7. The minimum absolute atomic E-state index is 0.236. The first kappa shape index (κ1) is 17.4. The van der Waals surface area contributed by atoms with E-state index in [9.17, 15) is 10.2 Å². The van der Waals surface area contributed by atoms with Crippen LogP contribution in [0.1, 0.15) is 64.2 Å². The summed E-state index contributed by atoms with van der Waals surface area (Å²) in [6.07, 6.45) is 9.38. The largest absolute Gasteiger partial charge is 0.393 e. The van der Waals surface area contributed by atoms with E-state index in [4.69, 9.17) is 9.47 Å². The van der Waals surface area contributed by atoms with Gasteiger partial charge in [-0.25, -0.2) is 0 Å². The summed E-state index contributed by atoms with van der Waals surface area (Å²) in [7, 11) is 0. The lowest BCUT2D eigenvalue weighted by Gasteiger charge is -2.67. The van der Waals surface area contributed by atoms with Crippen molar-refractivity contribution < 1.29 is 19.7 Å². The van der Waals surface area contributed by atoms with Crippen molar-refractivity contribution in [2.75, 3.05) is 26.3 Å². The van der Waals surface area contributed by atoms with Crippen molar-refractivity contribution in [2.45, 2.75) is 87.7 Å². The van der Waals surface area contributed by atoms with Crippen molar-refractivity contribution >= 4 is 0 Å². The van der Waals surface area contributed by atoms with Gasteiger partial charge < -0.3 is 19.7 Å². The van der Waals surface area contributed by atoms with Crippen molar-refractivity contribution in [3.05, 3.63) is 11.1 Å². The third-order valence-corrected chi connectivity index (χ3v) is 8.77. The molecule has 6 aliphatic rings. The SMILES string of the molecule is O[C@@H]1CCC2=C(C1)[C@]13CCN(CC4CC4)[C@H](C2)[C@]1(O)CCC1(C3)OCCO1. The fraction of sp³-hybridized carbons (Fsp3) is 0.909. The molecule has 4 fully saturated rings. The Morgan fingerprint density at radius 1 is 1.04 bits per heavy atom. The summed E-state index contributed by atoms with van der Waals surface area (Å²) in [5, 5.41) is 22.7. The van der Waals surface area contributed by atoms with Crippen LogP contribution in [0.4, 0.5) is 0 Å². The fourth-order valence-electron chi connectivity index (χ4n) is 7.28. The highest BCUT2D eigenvalue weighted by Gasteiger charge is 2.68. The van der Waals surface area contributed by atoms with E-state index in [1.54, 1.807) is 0 Å². The lowest BCUT2D eigenvalue weighted by molar-refractivity contribution is -0.274. The standard InChI is InChI=1S/C22H33NO4/c24-17-4-3-16-11-19-22(25)6-5-21(26-9-10-27-21)14-20(22,18(16)12-17)7-8-23(19)13-15-1-2-15/h15,17,19,24-25H,1-14H2/t17-,19-,20-,22-/m1/s1. The molecular weight excluding hydrogens is 342 g/mol. The number of piperidine rings is 1. The molecule has 2 heterocycles. The zero-order valence-electron chi connectivity index (χ0n) is 16.3. The van der Waals surface area contributed by atoms with Gasteiger partial charge in [0.2, 0.25) is 0 Å². The summed E-state index contributed by atoms with van der Waals surface area (Å²) in [6, 6.07) is 0.236. The molecular formula is C22H33NO4. The van der Waals surface area contributed by atoms with Crippen LogP contribution in [-0.4, -0.2) is 65.0 Å². The first-order valence-corrected chi connectivity index (χ1v) is 11.2. The number of aliphatic hydroxyl groups excluding tert-OH is 1. The van der Waals surface area contributed by atoms with Crippen LogP contribution < -0.4 is 0 Å². The minimum Gasteiger partial charge on any atom is -0.393 e. The van der Waals surface area contributed by atoms with E-state index >= 15 is 0 Å². The van der Waals surface area contributed by atoms with E-state index in [1.165, 1.54) is 24.0 Å². The zero-order chi connectivity index (χ0) is 18.3. The predicted molar refractivity (Wildman–Crippen MR) is 100 cm³/mol. The second-order valence-electron chi connectivity index (χ2n) is 10.2. The van der Waals surface area contributed by atoms with Gasteiger partial charge >= 0.3 is 0 Å². The molecule has 0 aromatic heterocycles. The van der Waals surface area contributed by atoms with Crippen LogP contribution in [0.3, 0.4) is 0 Å². The summed E-state index contributed by atoms with van der Waals surface area (Å²) in [5.41, 5.74) is 1.95. The maximum Gasteiger partial charge on any atom is 0.169 e. The van der Waals surface area contributed by atoms with Crippen LogP contribution in [-0.2, 0) is 9.47 Å². The molecule has 27 heavy (non-hydrogen) atoms. The third-order valence-electron chi connectivity index (χ3n) is 8.77. The normalized spacial score (nSPS) is 46.4. The van der Waals surface area contributed by atoms with Crippen molar-refractivity contribution in [2.24, 2.45) is 11.3 Å². The second kappa shape index (κ2) is 5.79. The molecule has 0 amide bonds. The lowest BCUT2D eigenvalue weighted by atomic mass is 9.47. The molecule has 6 rings (SSSR count). The number of nitrogens with zero attached hydrogens (tertiary/aromatic N) is 1. The Bertz CT molecular complexity index is 667. The van der Waals surface area contributed by atoms with Crippen molar-refractivity contribution in [1.82, 2.24) is 4.90 Å². The molecule has 0 radical (unpaired) electrons. The molecule has 1 spiro atoms. The highest BCUT2D eigenvalue weighted by molar-refractivity contribution is 5.39. The van der Waals surface area contributed by atoms with Gasteiger partial charge in [0.1, 0.15) is 0 Å². The van der Waals surface area contributed by atoms with E-state index in [-0.39, 0.29) is 17.6 Å². The van der Waals surface area contributed by atoms with Crippen molar-refractivity contribution in [3.63, 3.8) is 0 Å². The maximum atomic E-state index is 12.3. The molecule has 2 aliphatic heterocycles. The zero-order valence-corrected chi connectivity index (χ0v) is 16.3. The number of hydrogen-bond acceptors (Lipinski definition) is 5. The van der Waals surface area contributed by atoms with E-state index in [1.807, 2.05) is 0 Å². The first-order chi connectivity index (χ1) is 13.0. The highest BCUT2D eigenvalue weighted by Crippen LogP contribution is 2.65. The van der Waals surface area contributed by atoms with Gasteiger partial charge in [-0.1, -0.05) is 11.1 Å². The van der Waals surface area contributed by atoms with Gasteiger partial charge in [-0.2, -0.15) is 0 Å². The molecule has 0 aromatic carbocycles. The van der Waals surface area contributed by atoms with Crippen LogP contribution in [0.25, 0.3) is 0 Å². The Kier molecular flexibility index (Phi) is 3.73. The summed E-state index contributed by atoms with van der Waals surface area (Å²) in [4.78, 5) is 2.62. The van der Waals surface area contributed by atoms with Crippen molar-refractivity contribution in [1.29, 1.82) is 0 Å². The number of aliphatic hydroxyl groups is 2. The summed E-state index contributed by atoms with van der Waals surface area (Å²) in [6.45, 7) is 3.55. The predicted octanol–water partition coefficient (Wildman–Crippen LogP) is 2.36. The molecule has 5 nitrogen and oxygen atoms in total. The molecule has 150 valence electrons. The lowest BCUT2D eigenvalue weighted by Crippen LogP contribution is -2.73. The smallest absolute Gasteiger partial charge is 0.169 e. The number of rotatable bonds is 2. The van der Waals surface area contributed by atoms with E-state index < -0.39 is 11.4 Å². The molecule has 4 aliphatic carbocycles. The van der Waals surface area contributed by atoms with Gasteiger partial charge in [-0.05, 0) is 63.8 Å². The quantitative estimate of drug-likeness (QED) is 0.726. The van der Waals surface area contributed by atoms with Gasteiger partial charge in [0.25, 0.3) is 0 Å². The summed E-state index contributed by atoms with van der Waals surface area (Å²) >= 11 is 0. The molecule has 4 atom stereocenters. The average molecular weight is 376 g/mol. The van der Waals surface area contributed by atoms with E-state index in [0.29, 0.717) is 13.2 Å². The van der Waals surface area contributed by atoms with Crippen LogP contribution >= 0.6 is 0 Å². The van der Waals surface area contributed by atoms with Gasteiger partial charge in [0, 0.05) is 30.8 Å². The fourth-order valence-corrected chi connectivity index (χ4v) is 7.28. The van der Waals surface area contributed by atoms with Gasteiger partial charge in [0.15, 0.2) is 5.79 Å². The summed E-state index contributed by atoms with van der Waals surface area (Å²) < 4.78 is 12.3. The van der Waals surface area contributed by atoms with Crippen LogP contribution in [0.15, 0.2) is 11.1 Å². The first-order valence-electron chi connectivity index (χ1n) is 11.2. The topological polar surface area (TPSA) is 62.2 Å². The molecule has 5 heteroatoms. The Morgan fingerprint density at radius 2 is 1.85 bits per heavy atom. The van der Waals surface area contributed by atoms with Crippen LogP contribution in [0.5, 0.6) is 0 Å². The second-order valence-corrected chi connectivity index (χ2v) is 10.2. The average Bonchev–Trinajstić information content (AvgIpc) is 3.36.